The number of rotatable bonds is 6. The van der Waals surface area contributed by atoms with Crippen LogP contribution in [0.25, 0.3) is 0 Å². The molecular weight excluding hydrogens is 180 g/mol. The average molecular weight is 198 g/mol. The van der Waals surface area contributed by atoms with Crippen LogP contribution in [0.3, 0.4) is 0 Å². The molecule has 3 nitrogen and oxygen atoms in total. The van der Waals surface area contributed by atoms with E-state index in [1.54, 1.807) is 6.92 Å². The van der Waals surface area contributed by atoms with Gasteiger partial charge in [-0.05, 0) is 25.7 Å². The van der Waals surface area contributed by atoms with Gasteiger partial charge in [-0.1, -0.05) is 13.5 Å². The minimum Gasteiger partial charge on any atom is -0.462 e. The van der Waals surface area contributed by atoms with E-state index >= 15 is 0 Å². The SMILES string of the molecule is C=C(C)C(=O)OCC(CC)CC1CO1. The molecule has 2 unspecified atom stereocenters. The summed E-state index contributed by atoms with van der Waals surface area (Å²) in [4.78, 5) is 11.1. The Hall–Kier alpha value is -0.830. The van der Waals surface area contributed by atoms with Crippen molar-refractivity contribution >= 4 is 5.97 Å². The molecule has 1 fully saturated rings. The molecular formula is C11H18O3. The van der Waals surface area contributed by atoms with E-state index in [9.17, 15) is 4.79 Å². The molecule has 1 aliphatic heterocycles. The first-order valence-electron chi connectivity index (χ1n) is 5.07. The molecule has 1 heterocycles. The lowest BCUT2D eigenvalue weighted by atomic mass is 10.0. The monoisotopic (exact) mass is 198 g/mol. The maximum absolute atomic E-state index is 11.1. The summed E-state index contributed by atoms with van der Waals surface area (Å²) in [6.07, 6.45) is 2.42. The standard InChI is InChI=1S/C11H18O3/c1-4-9(5-10-7-13-10)6-14-11(12)8(2)3/h9-10H,2,4-7H2,1,3H3. The predicted octanol–water partition coefficient (Wildman–Crippen LogP) is 1.92. The first kappa shape index (κ1) is 11.2. The third-order valence-corrected chi connectivity index (χ3v) is 2.37. The van der Waals surface area contributed by atoms with Gasteiger partial charge in [-0.25, -0.2) is 4.79 Å². The van der Waals surface area contributed by atoms with E-state index in [2.05, 4.69) is 13.5 Å². The van der Waals surface area contributed by atoms with Crippen molar-refractivity contribution in [3.05, 3.63) is 12.2 Å². The van der Waals surface area contributed by atoms with Crippen LogP contribution in [0.5, 0.6) is 0 Å². The van der Waals surface area contributed by atoms with Crippen molar-refractivity contribution in [3.63, 3.8) is 0 Å². The summed E-state index contributed by atoms with van der Waals surface area (Å²) in [5, 5.41) is 0. The highest BCUT2D eigenvalue weighted by Gasteiger charge is 2.26. The van der Waals surface area contributed by atoms with E-state index in [1.807, 2.05) is 0 Å². The van der Waals surface area contributed by atoms with Crippen LogP contribution < -0.4 is 0 Å². The number of hydrogen-bond acceptors (Lipinski definition) is 3. The molecule has 14 heavy (non-hydrogen) atoms. The molecule has 0 aliphatic carbocycles. The second kappa shape index (κ2) is 5.15. The largest absolute Gasteiger partial charge is 0.462 e. The molecule has 0 aromatic carbocycles. The summed E-state index contributed by atoms with van der Waals surface area (Å²) < 4.78 is 10.2. The van der Waals surface area contributed by atoms with Crippen molar-refractivity contribution < 1.29 is 14.3 Å². The fourth-order valence-electron chi connectivity index (χ4n) is 1.25. The van der Waals surface area contributed by atoms with E-state index in [1.165, 1.54) is 0 Å². The van der Waals surface area contributed by atoms with Gasteiger partial charge < -0.3 is 9.47 Å². The number of hydrogen-bond donors (Lipinski definition) is 0. The van der Waals surface area contributed by atoms with Gasteiger partial charge in [-0.3, -0.25) is 0 Å². The minimum absolute atomic E-state index is 0.292. The molecule has 0 radical (unpaired) electrons. The Morgan fingerprint density at radius 3 is 2.79 bits per heavy atom. The van der Waals surface area contributed by atoms with Crippen LogP contribution in [0.15, 0.2) is 12.2 Å². The summed E-state index contributed by atoms with van der Waals surface area (Å²) in [5.74, 6) is 0.131. The van der Waals surface area contributed by atoms with E-state index in [0.717, 1.165) is 19.4 Å². The van der Waals surface area contributed by atoms with Crippen LogP contribution in [0.2, 0.25) is 0 Å². The molecule has 1 saturated heterocycles. The van der Waals surface area contributed by atoms with Gasteiger partial charge >= 0.3 is 5.97 Å². The molecule has 0 amide bonds. The maximum Gasteiger partial charge on any atom is 0.333 e. The zero-order valence-electron chi connectivity index (χ0n) is 8.91. The van der Waals surface area contributed by atoms with Crippen molar-refractivity contribution in [2.75, 3.05) is 13.2 Å². The normalized spacial score (nSPS) is 21.4. The first-order valence-corrected chi connectivity index (χ1v) is 5.07. The Morgan fingerprint density at radius 2 is 2.36 bits per heavy atom. The van der Waals surface area contributed by atoms with E-state index in [0.29, 0.717) is 24.2 Å². The molecule has 0 aromatic heterocycles. The van der Waals surface area contributed by atoms with Gasteiger partial charge in [0, 0.05) is 5.57 Å². The van der Waals surface area contributed by atoms with E-state index in [4.69, 9.17) is 9.47 Å². The van der Waals surface area contributed by atoms with Gasteiger partial charge in [0.1, 0.15) is 0 Å². The second-order valence-electron chi connectivity index (χ2n) is 3.84. The third kappa shape index (κ3) is 3.92. The second-order valence-corrected chi connectivity index (χ2v) is 3.84. The average Bonchev–Trinajstić information content (AvgIpc) is 2.95. The lowest BCUT2D eigenvalue weighted by Gasteiger charge is -2.13. The van der Waals surface area contributed by atoms with Gasteiger partial charge in [0.25, 0.3) is 0 Å². The van der Waals surface area contributed by atoms with Crippen molar-refractivity contribution in [1.82, 2.24) is 0 Å². The summed E-state index contributed by atoms with van der Waals surface area (Å²) in [5.41, 5.74) is 0.461. The van der Waals surface area contributed by atoms with Crippen molar-refractivity contribution in [2.24, 2.45) is 5.92 Å². The summed E-state index contributed by atoms with van der Waals surface area (Å²) in [6, 6.07) is 0. The number of carbonyl (C=O) groups excluding carboxylic acids is 1. The van der Waals surface area contributed by atoms with Crippen LogP contribution in [0.1, 0.15) is 26.7 Å². The third-order valence-electron chi connectivity index (χ3n) is 2.37. The Balaban J connectivity index is 2.18. The number of epoxide rings is 1. The van der Waals surface area contributed by atoms with Gasteiger partial charge in [-0.2, -0.15) is 0 Å². The van der Waals surface area contributed by atoms with E-state index in [-0.39, 0.29) is 5.97 Å². The van der Waals surface area contributed by atoms with Crippen molar-refractivity contribution in [3.8, 4) is 0 Å². The smallest absolute Gasteiger partial charge is 0.333 e. The highest BCUT2D eigenvalue weighted by Crippen LogP contribution is 2.21. The topological polar surface area (TPSA) is 38.8 Å². The molecule has 0 aromatic rings. The first-order chi connectivity index (χ1) is 6.63. The van der Waals surface area contributed by atoms with Gasteiger partial charge in [0.05, 0.1) is 19.3 Å². The van der Waals surface area contributed by atoms with Crippen LogP contribution in [-0.2, 0) is 14.3 Å². The molecule has 0 N–H and O–H groups in total. The van der Waals surface area contributed by atoms with Crippen LogP contribution in [0.4, 0.5) is 0 Å². The Labute approximate surface area is 85.1 Å². The quantitative estimate of drug-likeness (QED) is 0.372. The number of carbonyl (C=O) groups is 1. The van der Waals surface area contributed by atoms with Gasteiger partial charge in [0.2, 0.25) is 0 Å². The molecule has 80 valence electrons. The fourth-order valence-corrected chi connectivity index (χ4v) is 1.25. The summed E-state index contributed by atoms with van der Waals surface area (Å²) in [7, 11) is 0. The Kier molecular flexibility index (Phi) is 4.14. The molecule has 0 saturated carbocycles. The number of esters is 1. The molecule has 3 heteroatoms. The molecule has 2 atom stereocenters. The van der Waals surface area contributed by atoms with Crippen LogP contribution in [-0.4, -0.2) is 25.3 Å². The van der Waals surface area contributed by atoms with E-state index < -0.39 is 0 Å². The van der Waals surface area contributed by atoms with Crippen molar-refractivity contribution in [2.45, 2.75) is 32.8 Å². The highest BCUT2D eigenvalue weighted by atomic mass is 16.6. The summed E-state index contributed by atoms with van der Waals surface area (Å²) >= 11 is 0. The number of ether oxygens (including phenoxy) is 2. The highest BCUT2D eigenvalue weighted by molar-refractivity contribution is 5.86. The predicted molar refractivity (Wildman–Crippen MR) is 53.9 cm³/mol. The molecule has 0 bridgehead atoms. The van der Waals surface area contributed by atoms with Crippen molar-refractivity contribution in [1.29, 1.82) is 0 Å². The van der Waals surface area contributed by atoms with Crippen LogP contribution >= 0.6 is 0 Å². The fraction of sp³-hybridized carbons (Fsp3) is 0.727. The minimum atomic E-state index is -0.292. The summed E-state index contributed by atoms with van der Waals surface area (Å²) in [6.45, 7) is 8.65. The van der Waals surface area contributed by atoms with Gasteiger partial charge in [-0.15, -0.1) is 0 Å². The molecule has 1 rings (SSSR count). The Bertz CT molecular complexity index is 219. The maximum atomic E-state index is 11.1. The lowest BCUT2D eigenvalue weighted by Crippen LogP contribution is -2.15. The lowest BCUT2D eigenvalue weighted by molar-refractivity contribution is -0.140. The zero-order chi connectivity index (χ0) is 10.6. The van der Waals surface area contributed by atoms with Crippen LogP contribution in [0, 0.1) is 5.92 Å². The molecule has 0 spiro atoms. The molecule has 1 aliphatic rings. The zero-order valence-corrected chi connectivity index (χ0v) is 8.91. The van der Waals surface area contributed by atoms with Gasteiger partial charge in [0.15, 0.2) is 0 Å². The Morgan fingerprint density at radius 1 is 1.71 bits per heavy atom.